The zero-order valence-electron chi connectivity index (χ0n) is 7.05. The SMILES string of the molecule is CN(C)C(=O)NC1CCNC1. The van der Waals surface area contributed by atoms with Crippen molar-refractivity contribution in [3.05, 3.63) is 0 Å². The van der Waals surface area contributed by atoms with Gasteiger partial charge < -0.3 is 15.5 Å². The normalized spacial score (nSPS) is 23.3. The maximum Gasteiger partial charge on any atom is 0.317 e. The van der Waals surface area contributed by atoms with Crippen LogP contribution in [0.5, 0.6) is 0 Å². The second-order valence-corrected chi connectivity index (χ2v) is 3.03. The van der Waals surface area contributed by atoms with Crippen molar-refractivity contribution in [1.29, 1.82) is 0 Å². The number of rotatable bonds is 1. The molecule has 0 aromatic rings. The molecule has 0 radical (unpaired) electrons. The van der Waals surface area contributed by atoms with Crippen molar-refractivity contribution in [2.45, 2.75) is 12.5 Å². The number of urea groups is 1. The Hall–Kier alpha value is -0.770. The molecular formula is C7H15N3O. The second-order valence-electron chi connectivity index (χ2n) is 3.03. The Bertz CT molecular complexity index is 141. The fraction of sp³-hybridized carbons (Fsp3) is 0.857. The molecule has 0 saturated carbocycles. The smallest absolute Gasteiger partial charge is 0.317 e. The molecule has 2 amide bonds. The molecule has 1 saturated heterocycles. The topological polar surface area (TPSA) is 44.4 Å². The molecule has 0 aromatic carbocycles. The van der Waals surface area contributed by atoms with E-state index in [0.29, 0.717) is 6.04 Å². The third-order valence-electron chi connectivity index (χ3n) is 1.79. The number of hydrogen-bond donors (Lipinski definition) is 2. The van der Waals surface area contributed by atoms with Crippen molar-refractivity contribution in [1.82, 2.24) is 15.5 Å². The molecule has 0 spiro atoms. The number of hydrogen-bond acceptors (Lipinski definition) is 2. The van der Waals surface area contributed by atoms with E-state index in [1.54, 1.807) is 19.0 Å². The highest BCUT2D eigenvalue weighted by Crippen LogP contribution is 1.96. The van der Waals surface area contributed by atoms with Crippen molar-refractivity contribution in [3.63, 3.8) is 0 Å². The number of nitrogens with zero attached hydrogens (tertiary/aromatic N) is 1. The molecule has 2 N–H and O–H groups in total. The molecule has 4 nitrogen and oxygen atoms in total. The van der Waals surface area contributed by atoms with E-state index in [2.05, 4.69) is 10.6 Å². The lowest BCUT2D eigenvalue weighted by Gasteiger charge is -2.15. The Kier molecular flexibility index (Phi) is 2.70. The quantitative estimate of drug-likeness (QED) is 0.545. The Morgan fingerprint density at radius 1 is 1.64 bits per heavy atom. The predicted octanol–water partition coefficient (Wildman–Crippen LogP) is -0.381. The summed E-state index contributed by atoms with van der Waals surface area (Å²) in [6.45, 7) is 1.91. The van der Waals surface area contributed by atoms with Crippen molar-refractivity contribution >= 4 is 6.03 Å². The predicted molar refractivity (Wildman–Crippen MR) is 43.5 cm³/mol. The highest BCUT2D eigenvalue weighted by molar-refractivity contribution is 5.73. The lowest BCUT2D eigenvalue weighted by molar-refractivity contribution is 0.214. The summed E-state index contributed by atoms with van der Waals surface area (Å²) in [5.41, 5.74) is 0. The van der Waals surface area contributed by atoms with Gasteiger partial charge in [-0.25, -0.2) is 4.79 Å². The maximum absolute atomic E-state index is 11.1. The number of nitrogens with one attached hydrogen (secondary N) is 2. The standard InChI is InChI=1S/C7H15N3O/c1-10(2)7(11)9-6-3-4-8-5-6/h6,8H,3-5H2,1-2H3,(H,9,11). The Morgan fingerprint density at radius 2 is 2.36 bits per heavy atom. The zero-order chi connectivity index (χ0) is 8.27. The van der Waals surface area contributed by atoms with Crippen molar-refractivity contribution in [3.8, 4) is 0 Å². The third-order valence-corrected chi connectivity index (χ3v) is 1.79. The molecule has 1 fully saturated rings. The van der Waals surface area contributed by atoms with Crippen LogP contribution < -0.4 is 10.6 Å². The van der Waals surface area contributed by atoms with Crippen molar-refractivity contribution in [2.24, 2.45) is 0 Å². The molecule has 64 valence electrons. The maximum atomic E-state index is 11.1. The lowest BCUT2D eigenvalue weighted by Crippen LogP contribution is -2.42. The van der Waals surface area contributed by atoms with Gasteiger partial charge in [0.05, 0.1) is 0 Å². The third kappa shape index (κ3) is 2.38. The summed E-state index contributed by atoms with van der Waals surface area (Å²) in [7, 11) is 3.50. The molecule has 0 bridgehead atoms. The first-order chi connectivity index (χ1) is 5.20. The molecular weight excluding hydrogens is 142 g/mol. The van der Waals surface area contributed by atoms with E-state index < -0.39 is 0 Å². The molecule has 1 rings (SSSR count). The van der Waals surface area contributed by atoms with E-state index >= 15 is 0 Å². The van der Waals surface area contributed by atoms with Crippen LogP contribution in [0.4, 0.5) is 4.79 Å². The van der Waals surface area contributed by atoms with E-state index in [1.165, 1.54) is 0 Å². The van der Waals surface area contributed by atoms with Gasteiger partial charge in [-0.3, -0.25) is 0 Å². The van der Waals surface area contributed by atoms with Gasteiger partial charge in [0.15, 0.2) is 0 Å². The van der Waals surface area contributed by atoms with E-state index in [9.17, 15) is 4.79 Å². The molecule has 1 atom stereocenters. The molecule has 1 aliphatic rings. The summed E-state index contributed by atoms with van der Waals surface area (Å²) in [5, 5.41) is 6.09. The highest BCUT2D eigenvalue weighted by atomic mass is 16.2. The average molecular weight is 157 g/mol. The van der Waals surface area contributed by atoms with Crippen LogP contribution in [0.15, 0.2) is 0 Å². The summed E-state index contributed by atoms with van der Waals surface area (Å²) in [5.74, 6) is 0. The fourth-order valence-corrected chi connectivity index (χ4v) is 1.08. The van der Waals surface area contributed by atoms with Crippen LogP contribution in [0.3, 0.4) is 0 Å². The largest absolute Gasteiger partial charge is 0.334 e. The molecule has 4 heteroatoms. The number of carbonyl (C=O) groups is 1. The van der Waals surface area contributed by atoms with Crippen molar-refractivity contribution in [2.75, 3.05) is 27.2 Å². The summed E-state index contributed by atoms with van der Waals surface area (Å²) in [6.07, 6.45) is 1.04. The average Bonchev–Trinajstić information content (AvgIpc) is 2.39. The van der Waals surface area contributed by atoms with Crippen LogP contribution in [-0.4, -0.2) is 44.2 Å². The summed E-state index contributed by atoms with van der Waals surface area (Å²) in [6, 6.07) is 0.323. The fourth-order valence-electron chi connectivity index (χ4n) is 1.08. The van der Waals surface area contributed by atoms with Gasteiger partial charge in [-0.1, -0.05) is 0 Å². The highest BCUT2D eigenvalue weighted by Gasteiger charge is 2.16. The van der Waals surface area contributed by atoms with Crippen LogP contribution in [0.25, 0.3) is 0 Å². The summed E-state index contributed by atoms with van der Waals surface area (Å²) in [4.78, 5) is 12.6. The van der Waals surface area contributed by atoms with Crippen LogP contribution in [0.1, 0.15) is 6.42 Å². The van der Waals surface area contributed by atoms with Gasteiger partial charge >= 0.3 is 6.03 Å². The van der Waals surface area contributed by atoms with Crippen molar-refractivity contribution < 1.29 is 4.79 Å². The monoisotopic (exact) mass is 157 g/mol. The van der Waals surface area contributed by atoms with Crippen LogP contribution in [0.2, 0.25) is 0 Å². The molecule has 1 heterocycles. The first-order valence-electron chi connectivity index (χ1n) is 3.88. The summed E-state index contributed by atoms with van der Waals surface area (Å²) >= 11 is 0. The minimum Gasteiger partial charge on any atom is -0.334 e. The van der Waals surface area contributed by atoms with Gasteiger partial charge in [-0.15, -0.1) is 0 Å². The first-order valence-corrected chi connectivity index (χ1v) is 3.88. The van der Waals surface area contributed by atoms with Gasteiger partial charge in [0, 0.05) is 26.7 Å². The van der Waals surface area contributed by atoms with E-state index in [1.807, 2.05) is 0 Å². The zero-order valence-corrected chi connectivity index (χ0v) is 7.05. The Morgan fingerprint density at radius 3 is 2.82 bits per heavy atom. The second kappa shape index (κ2) is 3.57. The number of amides is 2. The van der Waals surface area contributed by atoms with E-state index in [0.717, 1.165) is 19.5 Å². The molecule has 1 unspecified atom stereocenters. The van der Waals surface area contributed by atoms with Crippen LogP contribution in [-0.2, 0) is 0 Å². The van der Waals surface area contributed by atoms with Gasteiger partial charge in [0.1, 0.15) is 0 Å². The Labute approximate surface area is 66.9 Å². The molecule has 0 aromatic heterocycles. The van der Waals surface area contributed by atoms with E-state index in [4.69, 9.17) is 0 Å². The molecule has 11 heavy (non-hydrogen) atoms. The van der Waals surface area contributed by atoms with Crippen LogP contribution >= 0.6 is 0 Å². The van der Waals surface area contributed by atoms with Gasteiger partial charge in [-0.05, 0) is 13.0 Å². The van der Waals surface area contributed by atoms with Gasteiger partial charge in [-0.2, -0.15) is 0 Å². The van der Waals surface area contributed by atoms with Gasteiger partial charge in [0.2, 0.25) is 0 Å². The summed E-state index contributed by atoms with van der Waals surface area (Å²) < 4.78 is 0. The van der Waals surface area contributed by atoms with E-state index in [-0.39, 0.29) is 6.03 Å². The minimum absolute atomic E-state index is 0.00120. The Balaban J connectivity index is 2.24. The van der Waals surface area contributed by atoms with Gasteiger partial charge in [0.25, 0.3) is 0 Å². The lowest BCUT2D eigenvalue weighted by atomic mass is 10.3. The van der Waals surface area contributed by atoms with Crippen LogP contribution in [0, 0.1) is 0 Å². The molecule has 0 aliphatic carbocycles. The molecule has 1 aliphatic heterocycles. The first kappa shape index (κ1) is 8.33. The minimum atomic E-state index is -0.00120. The number of carbonyl (C=O) groups excluding carboxylic acids is 1.